The van der Waals surface area contributed by atoms with Gasteiger partial charge in [-0.25, -0.2) is 8.78 Å². The van der Waals surface area contributed by atoms with Crippen LogP contribution in [0.5, 0.6) is 5.75 Å². The highest BCUT2D eigenvalue weighted by Gasteiger charge is 2.44. The van der Waals surface area contributed by atoms with Crippen molar-refractivity contribution in [1.29, 1.82) is 0 Å². The first-order chi connectivity index (χ1) is 15.2. The lowest BCUT2D eigenvalue weighted by atomic mass is 9.79. The van der Waals surface area contributed by atoms with E-state index >= 15 is 0 Å². The summed E-state index contributed by atoms with van der Waals surface area (Å²) in [4.78, 5) is 0. The first-order valence-electron chi connectivity index (χ1n) is 11.4. The Hall–Kier alpha value is -1.70. The van der Waals surface area contributed by atoms with E-state index in [1.165, 1.54) is 0 Å². The molecule has 0 atom stereocenters. The molecule has 0 heterocycles. The fourth-order valence-electron chi connectivity index (χ4n) is 5.06. The van der Waals surface area contributed by atoms with E-state index in [9.17, 15) is 26.3 Å². The van der Waals surface area contributed by atoms with Gasteiger partial charge in [-0.1, -0.05) is 19.8 Å². The van der Waals surface area contributed by atoms with Crippen molar-refractivity contribution < 1.29 is 35.8 Å². The number of benzene rings is 1. The summed E-state index contributed by atoms with van der Waals surface area (Å²) in [5, 5.41) is 0. The summed E-state index contributed by atoms with van der Waals surface area (Å²) in [7, 11) is 0. The number of alkyl halides is 2. The zero-order valence-electron chi connectivity index (χ0n) is 18.2. The van der Waals surface area contributed by atoms with Gasteiger partial charge in [0.15, 0.2) is 23.6 Å². The minimum absolute atomic E-state index is 0.0276. The zero-order chi connectivity index (χ0) is 23.3. The molecule has 0 unspecified atom stereocenters. The lowest BCUT2D eigenvalue weighted by Crippen LogP contribution is -2.39. The molecule has 1 aromatic carbocycles. The summed E-state index contributed by atoms with van der Waals surface area (Å²) in [6.45, 7) is 2.11. The molecule has 0 N–H and O–H groups in total. The first kappa shape index (κ1) is 24.9. The van der Waals surface area contributed by atoms with Gasteiger partial charge in [0.2, 0.25) is 0 Å². The van der Waals surface area contributed by atoms with Crippen molar-refractivity contribution in [2.75, 3.05) is 0 Å². The van der Waals surface area contributed by atoms with Crippen LogP contribution in [0.4, 0.5) is 26.3 Å². The molecule has 2 nitrogen and oxygen atoms in total. The monoisotopic (exact) mass is 464 g/mol. The molecule has 180 valence electrons. The maximum Gasteiger partial charge on any atom is 0.358 e. The molecule has 8 heteroatoms. The van der Waals surface area contributed by atoms with E-state index in [0.29, 0.717) is 50.0 Å². The maximum atomic E-state index is 14.7. The van der Waals surface area contributed by atoms with Crippen LogP contribution < -0.4 is 4.74 Å². The van der Waals surface area contributed by atoms with Gasteiger partial charge in [0, 0.05) is 0 Å². The van der Waals surface area contributed by atoms with Crippen LogP contribution in [0.15, 0.2) is 24.5 Å². The molecule has 3 rings (SSSR count). The Morgan fingerprint density at radius 1 is 0.969 bits per heavy atom. The van der Waals surface area contributed by atoms with E-state index < -0.39 is 41.6 Å². The average molecular weight is 464 g/mol. The maximum absolute atomic E-state index is 14.7. The predicted molar refractivity (Wildman–Crippen MR) is 109 cm³/mol. The van der Waals surface area contributed by atoms with E-state index in [1.54, 1.807) is 0 Å². The second-order valence-electron chi connectivity index (χ2n) is 9.00. The number of rotatable bonds is 8. The van der Waals surface area contributed by atoms with Crippen molar-refractivity contribution in [2.45, 2.75) is 89.3 Å². The van der Waals surface area contributed by atoms with Gasteiger partial charge in [0.05, 0.1) is 12.0 Å². The van der Waals surface area contributed by atoms with E-state index in [0.717, 1.165) is 37.8 Å². The first-order valence-corrected chi connectivity index (χ1v) is 11.4. The van der Waals surface area contributed by atoms with Crippen LogP contribution in [0.1, 0.15) is 82.6 Å². The van der Waals surface area contributed by atoms with Gasteiger partial charge in [0.1, 0.15) is 0 Å². The largest absolute Gasteiger partial charge is 0.453 e. The molecule has 32 heavy (non-hydrogen) atoms. The molecule has 1 aromatic rings. The number of hydrogen-bond acceptors (Lipinski definition) is 2. The van der Waals surface area contributed by atoms with E-state index in [1.807, 2.05) is 0 Å². The summed E-state index contributed by atoms with van der Waals surface area (Å²) in [5.41, 5.74) is 0.358. The Kier molecular flexibility index (Phi) is 8.53. The Balaban J connectivity index is 1.53. The SMILES string of the molecule is CCCC1CCC(C(F)(F)OC2CCC(c3cc(F)c(OC=C(F)F)c(F)c3)CC2)CC1. The van der Waals surface area contributed by atoms with Crippen LogP contribution in [0, 0.1) is 23.5 Å². The highest BCUT2D eigenvalue weighted by atomic mass is 19.3. The lowest BCUT2D eigenvalue weighted by molar-refractivity contribution is -0.301. The van der Waals surface area contributed by atoms with Crippen molar-refractivity contribution >= 4 is 0 Å². The Bertz CT molecular complexity index is 754. The fourth-order valence-corrected chi connectivity index (χ4v) is 5.06. The van der Waals surface area contributed by atoms with E-state index in [4.69, 9.17) is 4.74 Å². The lowest BCUT2D eigenvalue weighted by Gasteiger charge is -2.37. The van der Waals surface area contributed by atoms with Gasteiger partial charge in [0.25, 0.3) is 0 Å². The molecule has 0 aromatic heterocycles. The number of hydrogen-bond donors (Lipinski definition) is 0. The summed E-state index contributed by atoms with van der Waals surface area (Å²) < 4.78 is 91.5. The van der Waals surface area contributed by atoms with Crippen molar-refractivity contribution in [3.8, 4) is 5.75 Å². The third-order valence-electron chi connectivity index (χ3n) is 6.77. The van der Waals surface area contributed by atoms with Gasteiger partial charge < -0.3 is 9.47 Å². The smallest absolute Gasteiger partial charge is 0.358 e. The second-order valence-corrected chi connectivity index (χ2v) is 9.00. The Morgan fingerprint density at radius 3 is 2.09 bits per heavy atom. The molecule has 0 saturated heterocycles. The zero-order valence-corrected chi connectivity index (χ0v) is 18.2. The molecule has 0 radical (unpaired) electrons. The Labute approximate surface area is 185 Å². The minimum atomic E-state index is -3.16. The van der Waals surface area contributed by atoms with Crippen LogP contribution in [0.3, 0.4) is 0 Å². The highest BCUT2D eigenvalue weighted by molar-refractivity contribution is 5.34. The van der Waals surface area contributed by atoms with Gasteiger partial charge in [-0.05, 0) is 80.9 Å². The molecule has 2 saturated carbocycles. The molecule has 2 aliphatic rings. The van der Waals surface area contributed by atoms with Crippen molar-refractivity contribution in [1.82, 2.24) is 0 Å². The van der Waals surface area contributed by atoms with Crippen LogP contribution in [-0.2, 0) is 4.74 Å². The number of ether oxygens (including phenoxy) is 2. The minimum Gasteiger partial charge on any atom is -0.453 e. The van der Waals surface area contributed by atoms with E-state index in [-0.39, 0.29) is 12.2 Å². The van der Waals surface area contributed by atoms with E-state index in [2.05, 4.69) is 11.7 Å². The molecular weight excluding hydrogens is 434 g/mol. The summed E-state index contributed by atoms with van der Waals surface area (Å²) in [5.74, 6) is -3.51. The Morgan fingerprint density at radius 2 is 1.56 bits per heavy atom. The molecule has 2 fully saturated rings. The third-order valence-corrected chi connectivity index (χ3v) is 6.77. The van der Waals surface area contributed by atoms with Crippen molar-refractivity contribution in [2.24, 2.45) is 11.8 Å². The predicted octanol–water partition coefficient (Wildman–Crippen LogP) is 8.32. The van der Waals surface area contributed by atoms with Gasteiger partial charge >= 0.3 is 12.2 Å². The van der Waals surface area contributed by atoms with Gasteiger partial charge in [-0.15, -0.1) is 0 Å². The van der Waals surface area contributed by atoms with Gasteiger partial charge in [-0.3, -0.25) is 0 Å². The molecule has 0 amide bonds. The standard InChI is InChI=1S/C24H30F6O2/c1-2-3-15-4-8-18(9-5-15)24(29,30)32-19-10-6-16(7-11-19)17-12-20(25)23(21(26)13-17)31-14-22(27)28/h12-16,18-19H,2-11H2,1H3. The molecular formula is C24H30F6O2. The van der Waals surface area contributed by atoms with Crippen molar-refractivity contribution in [3.05, 3.63) is 41.7 Å². The molecule has 0 aliphatic heterocycles. The van der Waals surface area contributed by atoms with Crippen LogP contribution in [0.25, 0.3) is 0 Å². The van der Waals surface area contributed by atoms with Crippen LogP contribution >= 0.6 is 0 Å². The van der Waals surface area contributed by atoms with Crippen LogP contribution in [-0.4, -0.2) is 12.2 Å². The summed E-state index contributed by atoms with van der Waals surface area (Å²) in [6.07, 6.45) is 0.359. The average Bonchev–Trinajstić information content (AvgIpc) is 2.74. The molecule has 0 bridgehead atoms. The quantitative estimate of drug-likeness (QED) is 0.284. The van der Waals surface area contributed by atoms with Gasteiger partial charge in [-0.2, -0.15) is 17.6 Å². The molecule has 2 aliphatic carbocycles. The summed E-state index contributed by atoms with van der Waals surface area (Å²) in [6, 6.07) is 2.11. The summed E-state index contributed by atoms with van der Waals surface area (Å²) >= 11 is 0. The normalized spacial score (nSPS) is 26.6. The van der Waals surface area contributed by atoms with Crippen molar-refractivity contribution in [3.63, 3.8) is 0 Å². The third kappa shape index (κ3) is 6.42. The fraction of sp³-hybridized carbons (Fsp3) is 0.667. The molecule has 0 spiro atoms. The van der Waals surface area contributed by atoms with Crippen LogP contribution in [0.2, 0.25) is 0 Å². The number of halogens is 6. The second kappa shape index (κ2) is 10.9. The topological polar surface area (TPSA) is 18.5 Å². The highest BCUT2D eigenvalue weighted by Crippen LogP contribution is 2.44.